The van der Waals surface area contributed by atoms with Crippen molar-refractivity contribution in [1.82, 2.24) is 14.2 Å². The van der Waals surface area contributed by atoms with Crippen LogP contribution < -0.4 is 28.1 Å². The second-order valence-electron chi connectivity index (χ2n) is 16.6. The molecule has 0 saturated heterocycles. The Hall–Kier alpha value is -3.95. The molecule has 0 spiro atoms. The van der Waals surface area contributed by atoms with Gasteiger partial charge in [0, 0.05) is 49.0 Å². The van der Waals surface area contributed by atoms with E-state index in [1.807, 2.05) is 39.0 Å². The maximum atomic E-state index is 11.4. The summed E-state index contributed by atoms with van der Waals surface area (Å²) in [4.78, 5) is 34.2. The standard InChI is InChI=1S/3C12H17NO2.C6H12O.2C2H7NO/c3*1-9-7-11(13(15)12(14)8-9)10-5-3-2-4-6-10;7-6-4-2-1-3-5-6;2*3-1-2-4/h3*7-8,10,15H,2-6H2,1H3;6-7H,1-5H2;2*4H,1-3H2. The molecular weight excluding hydrogens is 767 g/mol. The lowest BCUT2D eigenvalue weighted by molar-refractivity contribution is 0.130. The quantitative estimate of drug-likeness (QED) is 0.129. The van der Waals surface area contributed by atoms with Gasteiger partial charge in [0.2, 0.25) is 0 Å². The molecule has 14 heteroatoms. The van der Waals surface area contributed by atoms with Crippen molar-refractivity contribution in [3.05, 3.63) is 101 Å². The van der Waals surface area contributed by atoms with Crippen LogP contribution in [0, 0.1) is 20.8 Å². The molecular formula is C46H77N5O9. The van der Waals surface area contributed by atoms with Crippen LogP contribution in [0.15, 0.2) is 50.8 Å². The number of nitrogens with two attached hydrogens (primary N) is 2. The smallest absolute Gasteiger partial charge is 0.283 e. The summed E-state index contributed by atoms with van der Waals surface area (Å²) in [6.45, 7) is 6.63. The highest BCUT2D eigenvalue weighted by Gasteiger charge is 2.22. The highest BCUT2D eigenvalue weighted by atomic mass is 16.5. The average Bonchev–Trinajstić information content (AvgIpc) is 3.26. The van der Waals surface area contributed by atoms with E-state index in [2.05, 4.69) is 0 Å². The monoisotopic (exact) mass is 844 g/mol. The Bertz CT molecular complexity index is 1600. The number of nitrogens with zero attached hydrogens (tertiary/aromatic N) is 3. The summed E-state index contributed by atoms with van der Waals surface area (Å²) in [5.74, 6) is 1.07. The maximum absolute atomic E-state index is 11.4. The molecule has 0 unspecified atom stereocenters. The molecule has 60 heavy (non-hydrogen) atoms. The summed E-state index contributed by atoms with van der Waals surface area (Å²) in [5, 5.41) is 53.4. The van der Waals surface area contributed by atoms with E-state index in [0.29, 0.717) is 30.8 Å². The molecule has 4 saturated carbocycles. The first-order chi connectivity index (χ1) is 28.8. The highest BCUT2D eigenvalue weighted by molar-refractivity contribution is 5.21. The van der Waals surface area contributed by atoms with Crippen LogP contribution in [0.2, 0.25) is 0 Å². The summed E-state index contributed by atoms with van der Waals surface area (Å²) in [5.41, 5.74) is 13.8. The van der Waals surface area contributed by atoms with Crippen LogP contribution in [-0.4, -0.2) is 77.5 Å². The molecule has 10 N–H and O–H groups in total. The summed E-state index contributed by atoms with van der Waals surface area (Å²) >= 11 is 0. The van der Waals surface area contributed by atoms with Gasteiger partial charge in [-0.3, -0.25) is 14.4 Å². The molecule has 0 radical (unpaired) electrons. The van der Waals surface area contributed by atoms with Gasteiger partial charge in [0.05, 0.1) is 36.4 Å². The minimum atomic E-state index is -0.310. The zero-order valence-electron chi connectivity index (χ0n) is 36.6. The number of rotatable bonds is 5. The minimum absolute atomic E-state index is 0.0359. The zero-order valence-corrected chi connectivity index (χ0v) is 36.6. The normalized spacial score (nSPS) is 17.4. The molecule has 340 valence electrons. The predicted molar refractivity (Wildman–Crippen MR) is 237 cm³/mol. The first-order valence-corrected chi connectivity index (χ1v) is 22.4. The fourth-order valence-electron chi connectivity index (χ4n) is 8.31. The number of aliphatic hydroxyl groups excluding tert-OH is 3. The van der Waals surface area contributed by atoms with Gasteiger partial charge in [-0.15, -0.1) is 0 Å². The van der Waals surface area contributed by atoms with Crippen molar-refractivity contribution in [2.24, 2.45) is 11.5 Å². The van der Waals surface area contributed by atoms with Crippen molar-refractivity contribution in [2.45, 2.75) is 173 Å². The molecule has 3 heterocycles. The molecule has 3 aromatic heterocycles. The van der Waals surface area contributed by atoms with Gasteiger partial charge in [0.25, 0.3) is 16.7 Å². The predicted octanol–water partition coefficient (Wildman–Crippen LogP) is 6.51. The van der Waals surface area contributed by atoms with Gasteiger partial charge in [0.1, 0.15) is 0 Å². The van der Waals surface area contributed by atoms with Gasteiger partial charge in [0.15, 0.2) is 0 Å². The summed E-state index contributed by atoms with van der Waals surface area (Å²) < 4.78 is 2.47. The largest absolute Gasteiger partial charge is 0.425 e. The van der Waals surface area contributed by atoms with Gasteiger partial charge in [-0.1, -0.05) is 77.0 Å². The van der Waals surface area contributed by atoms with Crippen molar-refractivity contribution in [3.8, 4) is 0 Å². The lowest BCUT2D eigenvalue weighted by atomic mass is 9.86. The third-order valence-corrected chi connectivity index (χ3v) is 11.4. The molecule has 4 aliphatic rings. The Balaban J connectivity index is 0.000000266. The number of pyridine rings is 3. The molecule has 7 rings (SSSR count). The lowest BCUT2D eigenvalue weighted by Crippen LogP contribution is -2.23. The Morgan fingerprint density at radius 2 is 0.667 bits per heavy atom. The summed E-state index contributed by atoms with van der Waals surface area (Å²) in [6.07, 6.45) is 23.5. The minimum Gasteiger partial charge on any atom is -0.425 e. The van der Waals surface area contributed by atoms with Crippen molar-refractivity contribution >= 4 is 0 Å². The molecule has 4 fully saturated rings. The molecule has 0 atom stereocenters. The van der Waals surface area contributed by atoms with Crippen molar-refractivity contribution in [1.29, 1.82) is 0 Å². The van der Waals surface area contributed by atoms with E-state index in [1.165, 1.54) is 95.2 Å². The molecule has 0 aromatic carbocycles. The first-order valence-electron chi connectivity index (χ1n) is 22.4. The summed E-state index contributed by atoms with van der Waals surface area (Å²) in [6, 6.07) is 10.2. The Labute approximate surface area is 356 Å². The molecule has 0 aliphatic heterocycles. The lowest BCUT2D eigenvalue weighted by Gasteiger charge is -2.22. The Morgan fingerprint density at radius 1 is 0.450 bits per heavy atom. The van der Waals surface area contributed by atoms with Crippen LogP contribution in [0.25, 0.3) is 0 Å². The first kappa shape index (κ1) is 52.2. The van der Waals surface area contributed by atoms with Gasteiger partial charge in [-0.2, -0.15) is 14.2 Å². The number of hydrogen-bond acceptors (Lipinski definition) is 11. The Morgan fingerprint density at radius 3 is 0.850 bits per heavy atom. The van der Waals surface area contributed by atoms with Gasteiger partial charge < -0.3 is 42.4 Å². The van der Waals surface area contributed by atoms with Gasteiger partial charge in [-0.25, -0.2) is 0 Å². The number of hydrogen-bond donors (Lipinski definition) is 8. The van der Waals surface area contributed by atoms with E-state index in [4.69, 9.17) is 26.8 Å². The van der Waals surface area contributed by atoms with Crippen LogP contribution in [0.5, 0.6) is 0 Å². The van der Waals surface area contributed by atoms with Crippen LogP contribution in [0.4, 0.5) is 0 Å². The van der Waals surface area contributed by atoms with Crippen molar-refractivity contribution in [3.63, 3.8) is 0 Å². The second kappa shape index (κ2) is 29.3. The third-order valence-electron chi connectivity index (χ3n) is 11.4. The molecule has 14 nitrogen and oxygen atoms in total. The second-order valence-corrected chi connectivity index (χ2v) is 16.6. The number of aryl methyl sites for hydroxylation is 3. The van der Waals surface area contributed by atoms with Crippen LogP contribution >= 0.6 is 0 Å². The van der Waals surface area contributed by atoms with E-state index in [-0.39, 0.29) is 36.0 Å². The van der Waals surface area contributed by atoms with Crippen LogP contribution in [0.1, 0.15) is 180 Å². The fraction of sp³-hybridized carbons (Fsp3) is 0.674. The van der Waals surface area contributed by atoms with E-state index in [9.17, 15) is 30.0 Å². The Kier molecular flexibility index (Phi) is 25.5. The van der Waals surface area contributed by atoms with Crippen LogP contribution in [-0.2, 0) is 0 Å². The van der Waals surface area contributed by atoms with E-state index in [1.54, 1.807) is 0 Å². The van der Waals surface area contributed by atoms with Crippen molar-refractivity contribution in [2.75, 3.05) is 26.3 Å². The number of aromatic nitrogens is 3. The van der Waals surface area contributed by atoms with Gasteiger partial charge in [-0.05, 0) is 107 Å². The molecule has 3 aromatic rings. The SMILES string of the molecule is Cc1cc(C2CCCCC2)n(O)c(=O)c1.Cc1cc(C2CCCCC2)n(O)c(=O)c1.Cc1cc(C2CCCCC2)n(O)c(=O)c1.NCCO.NCCO.OC1CCCCC1. The molecule has 4 aliphatic carbocycles. The topological polar surface area (TPSA) is 239 Å². The summed E-state index contributed by atoms with van der Waals surface area (Å²) in [7, 11) is 0. The highest BCUT2D eigenvalue weighted by Crippen LogP contribution is 2.34. The van der Waals surface area contributed by atoms with Gasteiger partial charge >= 0.3 is 0 Å². The van der Waals surface area contributed by atoms with E-state index < -0.39 is 0 Å². The fourth-order valence-corrected chi connectivity index (χ4v) is 8.31. The average molecular weight is 844 g/mol. The maximum Gasteiger partial charge on any atom is 0.283 e. The van der Waals surface area contributed by atoms with Crippen molar-refractivity contribution < 1.29 is 30.9 Å². The van der Waals surface area contributed by atoms with Crippen LogP contribution in [0.3, 0.4) is 0 Å². The third kappa shape index (κ3) is 18.8. The molecule has 0 bridgehead atoms. The zero-order chi connectivity index (χ0) is 44.5. The van der Waals surface area contributed by atoms with E-state index >= 15 is 0 Å². The number of aliphatic hydroxyl groups is 3. The van der Waals surface area contributed by atoms with E-state index in [0.717, 1.165) is 99.3 Å². The molecule has 0 amide bonds.